The maximum absolute atomic E-state index is 9.54. The van der Waals surface area contributed by atoms with Crippen LogP contribution in [0.1, 0.15) is 0 Å². The second kappa shape index (κ2) is 1.46. The van der Waals surface area contributed by atoms with Gasteiger partial charge in [-0.2, -0.15) is 0 Å². The van der Waals surface area contributed by atoms with Crippen LogP contribution in [0.25, 0.3) is 0 Å². The first-order valence-electron chi connectivity index (χ1n) is 1.54. The maximum Gasteiger partial charge on any atom is 0.358 e. The van der Waals surface area contributed by atoms with Crippen LogP contribution in [0, 0.1) is 0 Å². The first-order chi connectivity index (χ1) is 3.43. The van der Waals surface area contributed by atoms with Gasteiger partial charge in [0.1, 0.15) is 0 Å². The Morgan fingerprint density at radius 3 is 2.86 bits per heavy atom. The van der Waals surface area contributed by atoms with Gasteiger partial charge in [0, 0.05) is 0 Å². The predicted molar refractivity (Wildman–Crippen MR) is 18.9 cm³/mol. The fourth-order valence-electron chi connectivity index (χ4n) is 0.209. The Morgan fingerprint density at radius 2 is 2.57 bits per heavy atom. The monoisotopic (exact) mass is 97.0 g/mol. The van der Waals surface area contributed by atoms with E-state index in [1.54, 1.807) is 0 Å². The molecule has 0 aromatic carbocycles. The van der Waals surface area contributed by atoms with Gasteiger partial charge in [0.25, 0.3) is 0 Å². The average Bonchev–Trinajstić information content (AvgIpc) is 2.14. The van der Waals surface area contributed by atoms with Crippen LogP contribution in [0.15, 0.2) is 6.33 Å². The Balaban J connectivity index is 2.96. The highest BCUT2D eigenvalue weighted by Gasteiger charge is 1.83. The van der Waals surface area contributed by atoms with Crippen LogP contribution in [-0.2, 0) is 4.79 Å². The molecule has 0 aliphatic heterocycles. The summed E-state index contributed by atoms with van der Waals surface area (Å²) < 4.78 is 0. The van der Waals surface area contributed by atoms with Crippen LogP contribution in [0.2, 0.25) is 0 Å². The van der Waals surface area contributed by atoms with Crippen molar-refractivity contribution in [1.29, 1.82) is 0 Å². The lowest BCUT2D eigenvalue weighted by Gasteiger charge is -1.68. The molecule has 0 spiro atoms. The molecule has 0 bridgehead atoms. The standard InChI is InChI=1S/C2HN4O/c7-2-6-4-1-3-5-6/h1H. The van der Waals surface area contributed by atoms with Crippen LogP contribution in [0.3, 0.4) is 0 Å². The third-order valence-electron chi connectivity index (χ3n) is 0.431. The topological polar surface area (TPSA) is 60.7 Å². The quantitative estimate of drug-likeness (QED) is 0.432. The zero-order valence-electron chi connectivity index (χ0n) is 3.27. The molecule has 1 radical (unpaired) electrons. The smallest absolute Gasteiger partial charge is 0.259 e. The molecule has 1 heterocycles. The molecule has 0 saturated heterocycles. The van der Waals surface area contributed by atoms with Gasteiger partial charge >= 0.3 is 6.41 Å². The van der Waals surface area contributed by atoms with Crippen LogP contribution in [0.4, 0.5) is 0 Å². The van der Waals surface area contributed by atoms with Crippen molar-refractivity contribution in [3.05, 3.63) is 6.33 Å². The summed E-state index contributed by atoms with van der Waals surface area (Å²) in [6.07, 6.45) is 2.55. The summed E-state index contributed by atoms with van der Waals surface area (Å²) >= 11 is 0. The zero-order valence-corrected chi connectivity index (χ0v) is 3.27. The molecular weight excluding hydrogens is 96.0 g/mol. The predicted octanol–water partition coefficient (Wildman–Crippen LogP) is -1.41. The molecule has 0 aliphatic rings. The van der Waals surface area contributed by atoms with Gasteiger partial charge in [0.2, 0.25) is 0 Å². The number of hydrogen-bond acceptors (Lipinski definition) is 4. The molecule has 7 heavy (non-hydrogen) atoms. The number of tetrazole rings is 1. The largest absolute Gasteiger partial charge is 0.358 e. The molecule has 0 saturated carbocycles. The van der Waals surface area contributed by atoms with Crippen LogP contribution < -0.4 is 0 Å². The highest BCUT2D eigenvalue weighted by Crippen LogP contribution is 1.57. The molecule has 1 aromatic heterocycles. The normalized spacial score (nSPS) is 8.57. The fraction of sp³-hybridized carbons (Fsp3) is 0. The summed E-state index contributed by atoms with van der Waals surface area (Å²) in [4.78, 5) is 10.2. The van der Waals surface area contributed by atoms with E-state index in [-0.39, 0.29) is 0 Å². The van der Waals surface area contributed by atoms with Crippen molar-refractivity contribution in [2.24, 2.45) is 0 Å². The van der Waals surface area contributed by atoms with E-state index in [9.17, 15) is 4.79 Å². The summed E-state index contributed by atoms with van der Waals surface area (Å²) in [7, 11) is 0. The lowest BCUT2D eigenvalue weighted by Crippen LogP contribution is -1.98. The molecule has 0 amide bonds. The third kappa shape index (κ3) is 0.594. The number of hydrogen-bond donors (Lipinski definition) is 0. The molecule has 35 valence electrons. The molecular formula is C2HN4O. The number of rotatable bonds is 1. The first kappa shape index (κ1) is 3.91. The van der Waals surface area contributed by atoms with Gasteiger partial charge in [0.05, 0.1) is 0 Å². The van der Waals surface area contributed by atoms with Crippen LogP contribution in [-0.4, -0.2) is 26.6 Å². The van der Waals surface area contributed by atoms with Crippen molar-refractivity contribution in [2.45, 2.75) is 0 Å². The fourth-order valence-corrected chi connectivity index (χ4v) is 0.209. The minimum Gasteiger partial charge on any atom is -0.259 e. The Labute approximate surface area is 38.9 Å². The molecule has 0 N–H and O–H groups in total. The van der Waals surface area contributed by atoms with Crippen molar-refractivity contribution >= 4 is 6.41 Å². The Kier molecular flexibility index (Phi) is 0.816. The number of nitrogens with zero attached hydrogens (tertiary/aromatic N) is 4. The van der Waals surface area contributed by atoms with E-state index in [4.69, 9.17) is 0 Å². The Morgan fingerprint density at radius 1 is 1.71 bits per heavy atom. The van der Waals surface area contributed by atoms with Gasteiger partial charge in [-0.15, -0.1) is 10.2 Å². The van der Waals surface area contributed by atoms with E-state index >= 15 is 0 Å². The third-order valence-corrected chi connectivity index (χ3v) is 0.431. The Hall–Kier alpha value is -1.26. The van der Waals surface area contributed by atoms with Gasteiger partial charge in [-0.05, 0) is 5.21 Å². The summed E-state index contributed by atoms with van der Waals surface area (Å²) in [5.41, 5.74) is 0. The van der Waals surface area contributed by atoms with Crippen molar-refractivity contribution in [2.75, 3.05) is 0 Å². The van der Waals surface area contributed by atoms with Gasteiger partial charge in [-0.1, -0.05) is 4.80 Å². The van der Waals surface area contributed by atoms with Crippen molar-refractivity contribution < 1.29 is 4.79 Å². The van der Waals surface area contributed by atoms with E-state index in [0.29, 0.717) is 4.80 Å². The van der Waals surface area contributed by atoms with Crippen LogP contribution in [0.5, 0.6) is 0 Å². The minimum absolute atomic E-state index is 0.708. The molecule has 1 aromatic rings. The lowest BCUT2D eigenvalue weighted by molar-refractivity contribution is 0.527. The molecule has 1 rings (SSSR count). The van der Waals surface area contributed by atoms with E-state index in [1.165, 1.54) is 6.41 Å². The molecule has 5 nitrogen and oxygen atoms in total. The van der Waals surface area contributed by atoms with Crippen molar-refractivity contribution in [1.82, 2.24) is 20.2 Å². The summed E-state index contributed by atoms with van der Waals surface area (Å²) in [6, 6.07) is 0. The first-order valence-corrected chi connectivity index (χ1v) is 1.54. The highest BCUT2D eigenvalue weighted by molar-refractivity contribution is 5.47. The number of carbonyl (C=O) groups excluding carboxylic acids is 1. The van der Waals surface area contributed by atoms with E-state index in [1.807, 2.05) is 0 Å². The molecule has 0 aliphatic carbocycles. The maximum atomic E-state index is 9.54. The lowest BCUT2D eigenvalue weighted by atomic mass is 11.4. The molecule has 0 atom stereocenters. The van der Waals surface area contributed by atoms with E-state index < -0.39 is 0 Å². The molecule has 0 unspecified atom stereocenters. The van der Waals surface area contributed by atoms with Gasteiger partial charge in [-0.3, -0.25) is 4.79 Å². The summed E-state index contributed by atoms with van der Waals surface area (Å²) in [5, 5.41) is 9.70. The highest BCUT2D eigenvalue weighted by atomic mass is 16.1. The van der Waals surface area contributed by atoms with E-state index in [2.05, 4.69) is 15.4 Å². The van der Waals surface area contributed by atoms with Gasteiger partial charge in [0.15, 0.2) is 6.33 Å². The second-order valence-electron chi connectivity index (χ2n) is 0.817. The summed E-state index contributed by atoms with van der Waals surface area (Å²) in [6.45, 7) is 0. The zero-order chi connectivity index (χ0) is 5.11. The molecule has 0 fully saturated rings. The summed E-state index contributed by atoms with van der Waals surface area (Å²) in [5.74, 6) is 0. The Bertz CT molecular complexity index is 145. The number of aromatic nitrogens is 4. The molecule has 5 heteroatoms. The van der Waals surface area contributed by atoms with Crippen molar-refractivity contribution in [3.8, 4) is 0 Å². The van der Waals surface area contributed by atoms with Gasteiger partial charge < -0.3 is 0 Å². The SMILES string of the molecule is O=[C]n1ncnn1. The van der Waals surface area contributed by atoms with E-state index in [0.717, 1.165) is 6.33 Å². The van der Waals surface area contributed by atoms with Crippen LogP contribution >= 0.6 is 0 Å². The minimum atomic E-state index is 0.708. The average molecular weight is 97.1 g/mol. The van der Waals surface area contributed by atoms with Gasteiger partial charge in [-0.25, -0.2) is 0 Å². The van der Waals surface area contributed by atoms with Crippen molar-refractivity contribution in [3.63, 3.8) is 0 Å². The second-order valence-corrected chi connectivity index (χ2v) is 0.817.